The molecule has 3 aromatic carbocycles. The number of nitrogens with one attached hydrogen (secondary N) is 6. The number of carbonyl (C=O) groups excluding carboxylic acids is 7. The van der Waals surface area contributed by atoms with E-state index < -0.39 is 72.1 Å². The molecule has 0 unspecified atom stereocenters. The van der Waals surface area contributed by atoms with Crippen LogP contribution >= 0.6 is 11.6 Å². The molecule has 4 rings (SSSR count). The molecule has 60 heavy (non-hydrogen) atoms. The molecule has 0 aliphatic carbocycles. The number of aromatic nitrogens is 1. The number of alkyl halides is 1. The fourth-order valence-electron chi connectivity index (χ4n) is 6.50. The van der Waals surface area contributed by atoms with E-state index in [0.29, 0.717) is 24.1 Å². The Hall–Kier alpha value is -6.42. The molecule has 0 bridgehead atoms. The second kappa shape index (κ2) is 23.9. The van der Waals surface area contributed by atoms with Crippen molar-refractivity contribution in [3.8, 4) is 11.1 Å². The smallest absolute Gasteiger partial charge is 0.312 e. The molecule has 0 radical (unpaired) electrons. The lowest BCUT2D eigenvalue weighted by atomic mass is 10.0. The number of ether oxygens (including phenoxy) is 1. The van der Waals surface area contributed by atoms with Gasteiger partial charge in [0.2, 0.25) is 29.5 Å². The van der Waals surface area contributed by atoms with E-state index in [9.17, 15) is 33.6 Å². The second-order valence-electron chi connectivity index (χ2n) is 14.1. The highest BCUT2D eigenvalue weighted by Gasteiger charge is 2.31. The highest BCUT2D eigenvalue weighted by atomic mass is 35.5. The number of aromatic amines is 1. The standard InChI is InChI=1S/C43H53ClN8O8/c1-3-4-23-52(42(58)35(49-37(53)25-44)20-21-39(55)60-2)27-38(54)50-36(24-30-26-47-33-14-9-8-13-32(30)33)41(57)51-34(15-10-22-46-43(45)59)40(56)48-31-18-16-29(17-19-31)28-11-6-5-7-12-28/h5-9,11-14,16-19,26,34-36,47H,3-4,10,15,20-25,27H2,1-2H3,(H,48,56)(H,49,53)(H,50,54)(H,51,57)(H3,45,46,59)/t34-,35-,36-/m0/s1. The molecular weight excluding hydrogens is 792 g/mol. The van der Waals surface area contributed by atoms with Crippen molar-refractivity contribution in [2.24, 2.45) is 5.73 Å². The van der Waals surface area contributed by atoms with E-state index in [1.165, 1.54) is 12.0 Å². The molecule has 0 aliphatic heterocycles. The SMILES string of the molecule is CCCCN(CC(=O)N[C@@H](Cc1c[nH]c2ccccc12)C(=O)N[C@@H](CCCNC(N)=O)C(=O)Nc1ccc(-c2ccccc2)cc1)C(=O)[C@H](CCC(=O)OC)NC(=O)CCl. The van der Waals surface area contributed by atoms with Crippen LogP contribution < -0.4 is 32.3 Å². The number of nitrogens with zero attached hydrogens (tertiary/aromatic N) is 1. The normalized spacial score (nSPS) is 12.3. The summed E-state index contributed by atoms with van der Waals surface area (Å²) in [6.45, 7) is 1.71. The van der Waals surface area contributed by atoms with Crippen molar-refractivity contribution in [2.75, 3.05) is 37.9 Å². The van der Waals surface area contributed by atoms with Gasteiger partial charge in [0.15, 0.2) is 0 Å². The average Bonchev–Trinajstić information content (AvgIpc) is 3.66. The first-order valence-corrected chi connectivity index (χ1v) is 20.3. The Morgan fingerprint density at radius 3 is 2.15 bits per heavy atom. The predicted molar refractivity (Wildman–Crippen MR) is 229 cm³/mol. The van der Waals surface area contributed by atoms with Gasteiger partial charge in [-0.15, -0.1) is 11.6 Å². The second-order valence-corrected chi connectivity index (χ2v) is 14.4. The van der Waals surface area contributed by atoms with Gasteiger partial charge in [-0.25, -0.2) is 4.79 Å². The lowest BCUT2D eigenvalue weighted by molar-refractivity contribution is -0.143. The van der Waals surface area contributed by atoms with E-state index in [2.05, 4.69) is 31.6 Å². The summed E-state index contributed by atoms with van der Waals surface area (Å²) in [5, 5.41) is 14.3. The Morgan fingerprint density at radius 2 is 1.47 bits per heavy atom. The van der Waals surface area contributed by atoms with Gasteiger partial charge in [-0.1, -0.05) is 74.0 Å². The number of urea groups is 1. The van der Waals surface area contributed by atoms with Crippen LogP contribution in [0.2, 0.25) is 0 Å². The fraction of sp³-hybridized carbons (Fsp3) is 0.372. The first-order valence-electron chi connectivity index (χ1n) is 19.8. The Kier molecular flexibility index (Phi) is 18.4. The van der Waals surface area contributed by atoms with E-state index in [1.807, 2.05) is 73.7 Å². The zero-order valence-corrected chi connectivity index (χ0v) is 34.5. The summed E-state index contributed by atoms with van der Waals surface area (Å²) >= 11 is 5.71. The van der Waals surface area contributed by atoms with Gasteiger partial charge in [0, 0.05) is 48.7 Å². The average molecular weight is 845 g/mol. The van der Waals surface area contributed by atoms with Gasteiger partial charge in [0.05, 0.1) is 13.7 Å². The molecule has 8 N–H and O–H groups in total. The van der Waals surface area contributed by atoms with Crippen molar-refractivity contribution in [2.45, 2.75) is 70.0 Å². The number of nitrogens with two attached hydrogens (primary N) is 1. The van der Waals surface area contributed by atoms with Crippen molar-refractivity contribution < 1.29 is 38.3 Å². The van der Waals surface area contributed by atoms with Crippen LogP contribution in [0.4, 0.5) is 10.5 Å². The molecule has 1 heterocycles. The molecule has 0 saturated carbocycles. The van der Waals surface area contributed by atoms with Gasteiger partial charge in [0.1, 0.15) is 24.0 Å². The number of carbonyl (C=O) groups is 7. The number of H-pyrrole nitrogens is 1. The predicted octanol–water partition coefficient (Wildman–Crippen LogP) is 3.74. The molecular formula is C43H53ClN8O8. The van der Waals surface area contributed by atoms with Crippen LogP contribution in [0.25, 0.3) is 22.0 Å². The van der Waals surface area contributed by atoms with Crippen molar-refractivity contribution in [1.29, 1.82) is 0 Å². The highest BCUT2D eigenvalue weighted by molar-refractivity contribution is 6.27. The van der Waals surface area contributed by atoms with E-state index in [-0.39, 0.29) is 45.2 Å². The number of benzene rings is 3. The van der Waals surface area contributed by atoms with Gasteiger partial charge in [-0.3, -0.25) is 28.8 Å². The first kappa shape index (κ1) is 46.3. The number of fused-ring (bicyclic) bond motifs is 1. The zero-order chi connectivity index (χ0) is 43.4. The molecule has 16 nitrogen and oxygen atoms in total. The number of para-hydroxylation sites is 1. The summed E-state index contributed by atoms with van der Waals surface area (Å²) in [7, 11) is 1.21. The summed E-state index contributed by atoms with van der Waals surface area (Å²) in [6.07, 6.45) is 3.04. The van der Waals surface area contributed by atoms with Crippen LogP contribution in [0.3, 0.4) is 0 Å². The van der Waals surface area contributed by atoms with Crippen molar-refractivity contribution in [3.05, 3.63) is 90.6 Å². The molecule has 0 saturated heterocycles. The van der Waals surface area contributed by atoms with Gasteiger partial charge >= 0.3 is 12.0 Å². The van der Waals surface area contributed by atoms with E-state index in [4.69, 9.17) is 22.1 Å². The Bertz CT molecular complexity index is 2080. The Balaban J connectivity index is 1.58. The van der Waals surface area contributed by atoms with Gasteiger partial charge in [-0.05, 0) is 60.6 Å². The zero-order valence-electron chi connectivity index (χ0n) is 33.8. The number of hydrogen-bond donors (Lipinski definition) is 7. The minimum atomic E-state index is -1.23. The summed E-state index contributed by atoms with van der Waals surface area (Å²) < 4.78 is 4.71. The fourth-order valence-corrected chi connectivity index (χ4v) is 6.58. The molecule has 4 aromatic rings. The quantitative estimate of drug-likeness (QED) is 0.0329. The number of esters is 1. The number of anilines is 1. The van der Waals surface area contributed by atoms with E-state index in [1.54, 1.807) is 18.3 Å². The van der Waals surface area contributed by atoms with Crippen LogP contribution in [-0.2, 0) is 39.9 Å². The molecule has 320 valence electrons. The number of primary amides is 1. The van der Waals surface area contributed by atoms with Crippen molar-refractivity contribution >= 4 is 69.7 Å². The summed E-state index contributed by atoms with van der Waals surface area (Å²) in [5.74, 6) is -4.15. The van der Waals surface area contributed by atoms with Crippen LogP contribution in [-0.4, -0.2) is 102 Å². The monoisotopic (exact) mass is 844 g/mol. The van der Waals surface area contributed by atoms with E-state index in [0.717, 1.165) is 22.0 Å². The van der Waals surface area contributed by atoms with Crippen molar-refractivity contribution in [1.82, 2.24) is 31.2 Å². The molecule has 17 heteroatoms. The lowest BCUT2D eigenvalue weighted by Gasteiger charge is -2.28. The largest absolute Gasteiger partial charge is 0.469 e. The van der Waals surface area contributed by atoms with E-state index >= 15 is 0 Å². The third-order valence-corrected chi connectivity index (χ3v) is 9.90. The van der Waals surface area contributed by atoms with Crippen LogP contribution in [0.15, 0.2) is 85.1 Å². The number of amides is 7. The minimum Gasteiger partial charge on any atom is -0.469 e. The molecule has 0 spiro atoms. The maximum Gasteiger partial charge on any atom is 0.312 e. The van der Waals surface area contributed by atoms with Crippen LogP contribution in [0.5, 0.6) is 0 Å². The van der Waals surface area contributed by atoms with Gasteiger partial charge < -0.3 is 46.9 Å². The first-order chi connectivity index (χ1) is 28.9. The third kappa shape index (κ3) is 14.4. The Labute approximate surface area is 353 Å². The minimum absolute atomic E-state index is 0.0105. The van der Waals surface area contributed by atoms with Gasteiger partial charge in [0.25, 0.3) is 0 Å². The number of hydrogen-bond acceptors (Lipinski definition) is 8. The van der Waals surface area contributed by atoms with Crippen LogP contribution in [0.1, 0.15) is 51.0 Å². The summed E-state index contributed by atoms with van der Waals surface area (Å²) in [6, 6.07) is 20.2. The van der Waals surface area contributed by atoms with Crippen molar-refractivity contribution in [3.63, 3.8) is 0 Å². The number of methoxy groups -OCH3 is 1. The molecule has 3 atom stereocenters. The Morgan fingerprint density at radius 1 is 0.783 bits per heavy atom. The topological polar surface area (TPSA) is 234 Å². The van der Waals surface area contributed by atoms with Gasteiger partial charge in [-0.2, -0.15) is 0 Å². The number of unbranched alkanes of at least 4 members (excludes halogenated alkanes) is 1. The molecule has 0 fully saturated rings. The maximum absolute atomic E-state index is 14.3. The van der Waals surface area contributed by atoms with Crippen LogP contribution in [0, 0.1) is 0 Å². The lowest BCUT2D eigenvalue weighted by Crippen LogP contribution is -2.56. The third-order valence-electron chi connectivity index (χ3n) is 9.66. The number of rotatable bonds is 23. The summed E-state index contributed by atoms with van der Waals surface area (Å²) in [5.41, 5.74) is 9.19. The molecule has 0 aliphatic rings. The summed E-state index contributed by atoms with van der Waals surface area (Å²) in [4.78, 5) is 95.9. The molecule has 1 aromatic heterocycles. The molecule has 7 amide bonds. The number of halogens is 1. The highest BCUT2D eigenvalue weighted by Crippen LogP contribution is 2.22. The maximum atomic E-state index is 14.3.